The van der Waals surface area contributed by atoms with E-state index in [4.69, 9.17) is 5.11 Å². The second kappa shape index (κ2) is 6.45. The van der Waals surface area contributed by atoms with Crippen LogP contribution in [0.5, 0.6) is 5.75 Å². The maximum atomic E-state index is 13.2. The van der Waals surface area contributed by atoms with E-state index in [1.54, 1.807) is 0 Å². The van der Waals surface area contributed by atoms with Crippen molar-refractivity contribution in [3.05, 3.63) is 65.2 Å². The number of aromatic hydroxyl groups is 1. The topological polar surface area (TPSA) is 52.5 Å². The fraction of sp³-hybridized carbons (Fsp3) is 0.200. The molecule has 2 rings (SSSR count). The summed E-state index contributed by atoms with van der Waals surface area (Å²) in [6.07, 6.45) is 0. The molecule has 0 amide bonds. The monoisotopic (exact) mass is 279 g/mol. The van der Waals surface area contributed by atoms with Crippen molar-refractivity contribution in [3.8, 4) is 5.75 Å². The molecule has 0 radical (unpaired) electrons. The lowest BCUT2D eigenvalue weighted by Crippen LogP contribution is -2.24. The van der Waals surface area contributed by atoms with Crippen molar-refractivity contribution < 1.29 is 19.0 Å². The van der Waals surface area contributed by atoms with Gasteiger partial charge in [0.2, 0.25) is 0 Å². The number of aliphatic hydroxyl groups excluding tert-OH is 1. The number of aliphatic hydroxyl groups is 1. The molecular weight excluding hydrogens is 264 g/mol. The van der Waals surface area contributed by atoms with Gasteiger partial charge >= 0.3 is 0 Å². The number of rotatable bonds is 5. The van der Waals surface area contributed by atoms with E-state index in [1.165, 1.54) is 0 Å². The van der Waals surface area contributed by atoms with E-state index < -0.39 is 17.4 Å². The van der Waals surface area contributed by atoms with Gasteiger partial charge in [-0.05, 0) is 23.3 Å². The molecule has 0 bridgehead atoms. The molecule has 1 atom stereocenters. The minimum atomic E-state index is -0.998. The first-order valence-corrected chi connectivity index (χ1v) is 6.18. The molecule has 3 nitrogen and oxygen atoms in total. The fourth-order valence-corrected chi connectivity index (χ4v) is 1.93. The molecule has 0 spiro atoms. The molecule has 5 heteroatoms. The first kappa shape index (κ1) is 14.4. The zero-order chi connectivity index (χ0) is 14.5. The minimum absolute atomic E-state index is 0.132. The van der Waals surface area contributed by atoms with E-state index in [0.29, 0.717) is 5.56 Å². The van der Waals surface area contributed by atoms with Crippen molar-refractivity contribution in [1.29, 1.82) is 0 Å². The highest BCUT2D eigenvalue weighted by molar-refractivity contribution is 5.30. The average molecular weight is 279 g/mol. The van der Waals surface area contributed by atoms with Crippen molar-refractivity contribution >= 4 is 0 Å². The van der Waals surface area contributed by atoms with E-state index in [9.17, 15) is 13.9 Å². The molecule has 0 saturated heterocycles. The van der Waals surface area contributed by atoms with Gasteiger partial charge in [0, 0.05) is 6.54 Å². The zero-order valence-electron chi connectivity index (χ0n) is 10.7. The van der Waals surface area contributed by atoms with Crippen LogP contribution in [0.15, 0.2) is 42.5 Å². The number of hydrogen-bond donors (Lipinski definition) is 3. The van der Waals surface area contributed by atoms with Crippen LogP contribution in [-0.2, 0) is 6.54 Å². The molecular formula is C15H15F2NO2. The molecule has 0 aromatic heterocycles. The Kier molecular flexibility index (Phi) is 4.65. The standard InChI is InChI=1S/C15H15F2NO2/c16-12-6-10(7-13(17)15(12)20)8-18-14(9-19)11-4-2-1-3-5-11/h1-7,14,18-20H,8-9H2/t14-/m1/s1. The van der Waals surface area contributed by atoms with Crippen LogP contribution in [0.25, 0.3) is 0 Å². The summed E-state index contributed by atoms with van der Waals surface area (Å²) < 4.78 is 26.4. The molecule has 20 heavy (non-hydrogen) atoms. The molecule has 0 aliphatic carbocycles. The lowest BCUT2D eigenvalue weighted by atomic mass is 10.1. The second-order valence-electron chi connectivity index (χ2n) is 4.43. The Morgan fingerprint density at radius 3 is 2.20 bits per heavy atom. The Bertz CT molecular complexity index is 552. The number of benzene rings is 2. The Balaban J connectivity index is 2.07. The summed E-state index contributed by atoms with van der Waals surface area (Å²) in [7, 11) is 0. The van der Waals surface area contributed by atoms with E-state index in [-0.39, 0.29) is 19.2 Å². The quantitative estimate of drug-likeness (QED) is 0.788. The van der Waals surface area contributed by atoms with E-state index in [0.717, 1.165) is 17.7 Å². The van der Waals surface area contributed by atoms with Crippen LogP contribution in [-0.4, -0.2) is 16.8 Å². The summed E-state index contributed by atoms with van der Waals surface area (Å²) >= 11 is 0. The smallest absolute Gasteiger partial charge is 0.187 e. The van der Waals surface area contributed by atoms with Gasteiger partial charge in [-0.15, -0.1) is 0 Å². The molecule has 106 valence electrons. The number of phenols is 1. The zero-order valence-corrected chi connectivity index (χ0v) is 10.7. The van der Waals surface area contributed by atoms with E-state index in [2.05, 4.69) is 5.32 Å². The number of hydrogen-bond acceptors (Lipinski definition) is 3. The predicted octanol–water partition coefficient (Wildman–Crippen LogP) is 2.49. The molecule has 0 heterocycles. The molecule has 0 fully saturated rings. The third-order valence-electron chi connectivity index (χ3n) is 3.01. The van der Waals surface area contributed by atoms with Crippen LogP contribution >= 0.6 is 0 Å². The van der Waals surface area contributed by atoms with Crippen LogP contribution < -0.4 is 5.32 Å². The Hall–Kier alpha value is -1.98. The first-order valence-electron chi connectivity index (χ1n) is 6.18. The number of halogens is 2. The van der Waals surface area contributed by atoms with Crippen LogP contribution in [0.4, 0.5) is 8.78 Å². The van der Waals surface area contributed by atoms with Crippen molar-refractivity contribution in [1.82, 2.24) is 5.32 Å². The maximum Gasteiger partial charge on any atom is 0.187 e. The van der Waals surface area contributed by atoms with Crippen molar-refractivity contribution in [2.45, 2.75) is 12.6 Å². The largest absolute Gasteiger partial charge is 0.503 e. The van der Waals surface area contributed by atoms with Crippen molar-refractivity contribution in [3.63, 3.8) is 0 Å². The molecule has 3 N–H and O–H groups in total. The van der Waals surface area contributed by atoms with Crippen LogP contribution in [0.3, 0.4) is 0 Å². The fourth-order valence-electron chi connectivity index (χ4n) is 1.93. The lowest BCUT2D eigenvalue weighted by molar-refractivity contribution is 0.243. The van der Waals surface area contributed by atoms with Gasteiger partial charge in [0.05, 0.1) is 12.6 Å². The molecule has 0 aliphatic heterocycles. The maximum absolute atomic E-state index is 13.2. The van der Waals surface area contributed by atoms with Gasteiger partial charge in [-0.1, -0.05) is 30.3 Å². The van der Waals surface area contributed by atoms with Crippen LogP contribution in [0.1, 0.15) is 17.2 Å². The number of phenolic OH excluding ortho intramolecular Hbond substituents is 1. The van der Waals surface area contributed by atoms with Gasteiger partial charge in [-0.2, -0.15) is 0 Å². The summed E-state index contributed by atoms with van der Waals surface area (Å²) in [5.41, 5.74) is 1.24. The Labute approximate surface area is 115 Å². The summed E-state index contributed by atoms with van der Waals surface area (Å²) in [4.78, 5) is 0. The van der Waals surface area contributed by atoms with Gasteiger partial charge in [0.1, 0.15) is 0 Å². The lowest BCUT2D eigenvalue weighted by Gasteiger charge is -2.17. The molecule has 2 aromatic rings. The SMILES string of the molecule is OC[C@@H](NCc1cc(F)c(O)c(F)c1)c1ccccc1. The second-order valence-corrected chi connectivity index (χ2v) is 4.43. The summed E-state index contributed by atoms with van der Waals surface area (Å²) in [6.45, 7) is 0.0430. The highest BCUT2D eigenvalue weighted by atomic mass is 19.1. The van der Waals surface area contributed by atoms with Gasteiger partial charge < -0.3 is 15.5 Å². The highest BCUT2D eigenvalue weighted by Crippen LogP contribution is 2.22. The molecule has 0 saturated carbocycles. The average Bonchev–Trinajstić information content (AvgIpc) is 2.46. The van der Waals surface area contributed by atoms with Gasteiger partial charge in [-0.25, -0.2) is 8.78 Å². The number of nitrogens with one attached hydrogen (secondary N) is 1. The third-order valence-corrected chi connectivity index (χ3v) is 3.01. The van der Waals surface area contributed by atoms with E-state index in [1.807, 2.05) is 30.3 Å². The molecule has 0 unspecified atom stereocenters. The normalized spacial score (nSPS) is 12.3. The molecule has 0 aliphatic rings. The summed E-state index contributed by atoms with van der Waals surface area (Å²) in [5, 5.41) is 21.4. The summed E-state index contributed by atoms with van der Waals surface area (Å²) in [5.74, 6) is -2.97. The minimum Gasteiger partial charge on any atom is -0.503 e. The molecule has 2 aromatic carbocycles. The highest BCUT2D eigenvalue weighted by Gasteiger charge is 2.12. The van der Waals surface area contributed by atoms with Crippen LogP contribution in [0.2, 0.25) is 0 Å². The van der Waals surface area contributed by atoms with Crippen molar-refractivity contribution in [2.75, 3.05) is 6.61 Å². The van der Waals surface area contributed by atoms with Gasteiger partial charge in [0.15, 0.2) is 17.4 Å². The first-order chi connectivity index (χ1) is 9.61. The Morgan fingerprint density at radius 1 is 1.05 bits per heavy atom. The summed E-state index contributed by atoms with van der Waals surface area (Å²) in [6, 6.07) is 11.1. The predicted molar refractivity (Wildman–Crippen MR) is 71.1 cm³/mol. The van der Waals surface area contributed by atoms with Crippen LogP contribution in [0, 0.1) is 11.6 Å². The van der Waals surface area contributed by atoms with E-state index >= 15 is 0 Å². The third kappa shape index (κ3) is 3.31. The van der Waals surface area contributed by atoms with Gasteiger partial charge in [0.25, 0.3) is 0 Å². The van der Waals surface area contributed by atoms with Gasteiger partial charge in [-0.3, -0.25) is 0 Å². The van der Waals surface area contributed by atoms with Crippen molar-refractivity contribution in [2.24, 2.45) is 0 Å². The Morgan fingerprint density at radius 2 is 1.65 bits per heavy atom.